The molecular weight excluding hydrogens is 463 g/mol. The van der Waals surface area contributed by atoms with E-state index in [-0.39, 0.29) is 40.9 Å². The number of carbonyl (C=O) groups is 1. The highest BCUT2D eigenvalue weighted by molar-refractivity contribution is 5.77. The number of nitrogen functional groups attached to an aromatic ring is 1. The van der Waals surface area contributed by atoms with Gasteiger partial charge < -0.3 is 25.4 Å². The van der Waals surface area contributed by atoms with Gasteiger partial charge in [-0.2, -0.15) is 18.4 Å². The predicted octanol–water partition coefficient (Wildman–Crippen LogP) is 4.90. The van der Waals surface area contributed by atoms with Crippen molar-refractivity contribution in [3.8, 4) is 23.1 Å². The van der Waals surface area contributed by atoms with Gasteiger partial charge in [-0.05, 0) is 57.4 Å². The second-order valence-electron chi connectivity index (χ2n) is 9.28. The number of nitrogens with zero attached hydrogens (tertiary/aromatic N) is 3. The van der Waals surface area contributed by atoms with Crippen LogP contribution in [0.25, 0.3) is 11.3 Å². The SMILES string of the molecule is CNc1cc(-c2ccc(OCCC3CN(C(=O)OC(C)(C)C)C3)c(C(F)(F)F)c2)nc(C#N)c1N. The first-order valence-corrected chi connectivity index (χ1v) is 11.0. The number of alkyl halides is 3. The van der Waals surface area contributed by atoms with Crippen LogP contribution in [0.15, 0.2) is 24.3 Å². The first-order chi connectivity index (χ1) is 16.3. The van der Waals surface area contributed by atoms with Gasteiger partial charge in [0.15, 0.2) is 5.69 Å². The molecule has 0 saturated carbocycles. The maximum absolute atomic E-state index is 13.8. The van der Waals surface area contributed by atoms with Gasteiger partial charge in [0, 0.05) is 25.7 Å². The average Bonchev–Trinajstić information content (AvgIpc) is 2.73. The molecule has 1 saturated heterocycles. The number of halogens is 3. The van der Waals surface area contributed by atoms with Gasteiger partial charge in [-0.25, -0.2) is 9.78 Å². The van der Waals surface area contributed by atoms with E-state index in [1.807, 2.05) is 6.07 Å². The lowest BCUT2D eigenvalue weighted by atomic mass is 9.97. The molecule has 3 N–H and O–H groups in total. The Morgan fingerprint density at radius 3 is 2.54 bits per heavy atom. The first-order valence-electron chi connectivity index (χ1n) is 11.0. The fourth-order valence-corrected chi connectivity index (χ4v) is 3.60. The highest BCUT2D eigenvalue weighted by atomic mass is 19.4. The van der Waals surface area contributed by atoms with Crippen LogP contribution >= 0.6 is 0 Å². The van der Waals surface area contributed by atoms with Crippen molar-refractivity contribution >= 4 is 17.5 Å². The van der Waals surface area contributed by atoms with Gasteiger partial charge in [0.05, 0.1) is 29.2 Å². The summed E-state index contributed by atoms with van der Waals surface area (Å²) in [4.78, 5) is 17.6. The van der Waals surface area contributed by atoms with Crippen molar-refractivity contribution in [2.24, 2.45) is 5.92 Å². The number of pyridine rings is 1. The number of anilines is 2. The van der Waals surface area contributed by atoms with E-state index in [0.29, 0.717) is 25.2 Å². The topological polar surface area (TPSA) is 113 Å². The van der Waals surface area contributed by atoms with E-state index in [0.717, 1.165) is 6.07 Å². The molecule has 1 amide bonds. The van der Waals surface area contributed by atoms with Crippen LogP contribution in [0.5, 0.6) is 5.75 Å². The van der Waals surface area contributed by atoms with Gasteiger partial charge >= 0.3 is 12.3 Å². The van der Waals surface area contributed by atoms with Crippen molar-refractivity contribution in [1.29, 1.82) is 5.26 Å². The standard InChI is InChI=1S/C24H28F3N5O3/c1-23(2,3)35-22(33)32-12-14(13-32)7-8-34-20-6-5-15(9-16(20)24(25,26)27)17-10-18(30-4)21(29)19(11-28)31-17/h5-6,9-10,14H,7-8,12-13,29H2,1-4H3,(H,30,31). The minimum Gasteiger partial charge on any atom is -0.493 e. The van der Waals surface area contributed by atoms with Crippen molar-refractivity contribution in [1.82, 2.24) is 9.88 Å². The lowest BCUT2D eigenvalue weighted by molar-refractivity contribution is -0.139. The minimum absolute atomic E-state index is 0.0673. The molecule has 188 valence electrons. The molecule has 1 aliphatic heterocycles. The Balaban J connectivity index is 1.69. The second-order valence-corrected chi connectivity index (χ2v) is 9.28. The number of nitriles is 1. The molecule has 0 unspecified atom stereocenters. The number of hydrogen-bond donors (Lipinski definition) is 2. The Kier molecular flexibility index (Phi) is 7.33. The van der Waals surface area contributed by atoms with Crippen LogP contribution in [0.4, 0.5) is 29.3 Å². The van der Waals surface area contributed by atoms with Gasteiger partial charge in [0.2, 0.25) is 0 Å². The highest BCUT2D eigenvalue weighted by Gasteiger charge is 2.36. The summed E-state index contributed by atoms with van der Waals surface area (Å²) in [6, 6.07) is 6.98. The molecule has 1 aromatic carbocycles. The van der Waals surface area contributed by atoms with Crippen molar-refractivity contribution in [2.75, 3.05) is 37.8 Å². The molecule has 8 nitrogen and oxygen atoms in total. The molecule has 0 radical (unpaired) electrons. The van der Waals surface area contributed by atoms with E-state index in [9.17, 15) is 23.2 Å². The zero-order valence-electron chi connectivity index (χ0n) is 20.0. The monoisotopic (exact) mass is 491 g/mol. The fourth-order valence-electron chi connectivity index (χ4n) is 3.60. The lowest BCUT2D eigenvalue weighted by Gasteiger charge is -2.39. The fraction of sp³-hybridized carbons (Fsp3) is 0.458. The smallest absolute Gasteiger partial charge is 0.419 e. The van der Waals surface area contributed by atoms with E-state index in [1.165, 1.54) is 18.2 Å². The van der Waals surface area contributed by atoms with E-state index in [4.69, 9.17) is 15.2 Å². The molecular formula is C24H28F3N5O3. The van der Waals surface area contributed by atoms with Crippen LogP contribution in [-0.4, -0.2) is 48.3 Å². The largest absolute Gasteiger partial charge is 0.493 e. The maximum Gasteiger partial charge on any atom is 0.419 e. The molecule has 2 heterocycles. The molecule has 1 fully saturated rings. The van der Waals surface area contributed by atoms with Crippen LogP contribution in [-0.2, 0) is 10.9 Å². The van der Waals surface area contributed by atoms with Crippen molar-refractivity contribution in [3.05, 3.63) is 35.5 Å². The maximum atomic E-state index is 13.8. The Morgan fingerprint density at radius 2 is 1.97 bits per heavy atom. The first kappa shape index (κ1) is 25.9. The van der Waals surface area contributed by atoms with Crippen molar-refractivity contribution in [3.63, 3.8) is 0 Å². The van der Waals surface area contributed by atoms with Gasteiger partial charge in [0.1, 0.15) is 17.4 Å². The molecule has 1 aliphatic rings. The number of benzene rings is 1. The van der Waals surface area contributed by atoms with Gasteiger partial charge in [-0.1, -0.05) is 0 Å². The van der Waals surface area contributed by atoms with E-state index in [2.05, 4.69) is 10.3 Å². The molecule has 35 heavy (non-hydrogen) atoms. The number of aromatic nitrogens is 1. The molecule has 0 atom stereocenters. The molecule has 11 heteroatoms. The molecule has 0 bridgehead atoms. The van der Waals surface area contributed by atoms with Gasteiger partial charge in [0.25, 0.3) is 0 Å². The summed E-state index contributed by atoms with van der Waals surface area (Å²) in [6.45, 7) is 6.36. The van der Waals surface area contributed by atoms with E-state index < -0.39 is 23.4 Å². The van der Waals surface area contributed by atoms with Gasteiger partial charge in [-0.3, -0.25) is 0 Å². The summed E-state index contributed by atoms with van der Waals surface area (Å²) in [7, 11) is 1.59. The third-order valence-corrected chi connectivity index (χ3v) is 5.41. The Morgan fingerprint density at radius 1 is 1.29 bits per heavy atom. The number of hydrogen-bond acceptors (Lipinski definition) is 7. The summed E-state index contributed by atoms with van der Waals surface area (Å²) < 4.78 is 52.2. The second kappa shape index (κ2) is 9.90. The number of carbonyl (C=O) groups excluding carboxylic acids is 1. The number of ether oxygens (including phenoxy) is 2. The molecule has 2 aromatic rings. The number of nitrogens with two attached hydrogens (primary N) is 1. The normalized spacial score (nSPS) is 14.2. The van der Waals surface area contributed by atoms with Crippen molar-refractivity contribution in [2.45, 2.75) is 39.0 Å². The predicted molar refractivity (Wildman–Crippen MR) is 125 cm³/mol. The molecule has 0 spiro atoms. The Labute approximate surface area is 201 Å². The van der Waals surface area contributed by atoms with Gasteiger partial charge in [-0.15, -0.1) is 0 Å². The Hall–Kier alpha value is -3.68. The highest BCUT2D eigenvalue weighted by Crippen LogP contribution is 2.39. The van der Waals surface area contributed by atoms with E-state index in [1.54, 1.807) is 32.7 Å². The zero-order chi connectivity index (χ0) is 26.0. The number of likely N-dealkylation sites (tertiary alicyclic amines) is 1. The number of amides is 1. The number of nitrogens with one attached hydrogen (secondary N) is 1. The number of rotatable bonds is 6. The lowest BCUT2D eigenvalue weighted by Crippen LogP contribution is -2.51. The van der Waals surface area contributed by atoms with Crippen LogP contribution in [0.1, 0.15) is 38.4 Å². The van der Waals surface area contributed by atoms with E-state index >= 15 is 0 Å². The van der Waals surface area contributed by atoms with Crippen molar-refractivity contribution < 1.29 is 27.4 Å². The summed E-state index contributed by atoms with van der Waals surface area (Å²) in [6.07, 6.45) is -4.57. The van der Waals surface area contributed by atoms with Crippen LogP contribution in [0.3, 0.4) is 0 Å². The Bertz CT molecular complexity index is 1130. The molecule has 3 rings (SSSR count). The average molecular weight is 492 g/mol. The summed E-state index contributed by atoms with van der Waals surface area (Å²) in [5, 5.41) is 12.1. The minimum atomic E-state index is -4.66. The third-order valence-electron chi connectivity index (χ3n) is 5.41. The summed E-state index contributed by atoms with van der Waals surface area (Å²) in [5.41, 5.74) is 5.09. The molecule has 0 aliphatic carbocycles. The van der Waals surface area contributed by atoms with Crippen LogP contribution in [0.2, 0.25) is 0 Å². The zero-order valence-corrected chi connectivity index (χ0v) is 20.0. The van der Waals surface area contributed by atoms with Crippen LogP contribution in [0, 0.1) is 17.2 Å². The summed E-state index contributed by atoms with van der Waals surface area (Å²) >= 11 is 0. The van der Waals surface area contributed by atoms with Crippen LogP contribution < -0.4 is 15.8 Å². The quantitative estimate of drug-likeness (QED) is 0.591. The summed E-state index contributed by atoms with van der Waals surface area (Å²) in [5.74, 6) is -0.172. The third kappa shape index (κ3) is 6.26. The molecule has 1 aromatic heterocycles.